The average Bonchev–Trinajstić information content (AvgIpc) is 2.53. The summed E-state index contributed by atoms with van der Waals surface area (Å²) in [7, 11) is 1.77. The monoisotopic (exact) mass is 186 g/mol. The molecule has 1 heterocycles. The topological polar surface area (TPSA) is 55.6 Å². The summed E-state index contributed by atoms with van der Waals surface area (Å²) >= 11 is 0. The third-order valence-electron chi connectivity index (χ3n) is 2.14. The number of nitrogens with zero attached hydrogens (tertiary/aromatic N) is 1. The van der Waals surface area contributed by atoms with Crippen LogP contribution in [0.1, 0.15) is 19.8 Å². The number of carbonyl (C=O) groups is 1. The molecule has 2 atom stereocenters. The van der Waals surface area contributed by atoms with Gasteiger partial charge in [0.15, 0.2) is 0 Å². The highest BCUT2D eigenvalue weighted by atomic mass is 16.5. The quantitative estimate of drug-likeness (QED) is 0.673. The normalized spacial score (nSPS) is 24.4. The third-order valence-corrected chi connectivity index (χ3v) is 2.14. The minimum atomic E-state index is -0.219. The summed E-state index contributed by atoms with van der Waals surface area (Å²) in [6.07, 6.45) is 1.62. The molecular formula is C9H18N2O2. The number of rotatable bonds is 3. The Morgan fingerprint density at radius 1 is 1.77 bits per heavy atom. The van der Waals surface area contributed by atoms with Crippen LogP contribution in [0.3, 0.4) is 0 Å². The van der Waals surface area contributed by atoms with Gasteiger partial charge in [0.2, 0.25) is 0 Å². The second-order valence-corrected chi connectivity index (χ2v) is 3.70. The van der Waals surface area contributed by atoms with Crippen LogP contribution in [0, 0.1) is 0 Å². The van der Waals surface area contributed by atoms with Crippen molar-refractivity contribution in [3.05, 3.63) is 0 Å². The lowest BCUT2D eigenvalue weighted by Crippen LogP contribution is -2.41. The van der Waals surface area contributed by atoms with Crippen molar-refractivity contribution in [3.63, 3.8) is 0 Å². The van der Waals surface area contributed by atoms with Gasteiger partial charge in [0, 0.05) is 26.2 Å². The average molecular weight is 186 g/mol. The lowest BCUT2D eigenvalue weighted by molar-refractivity contribution is -0.139. The van der Waals surface area contributed by atoms with Crippen LogP contribution >= 0.6 is 0 Å². The van der Waals surface area contributed by atoms with Gasteiger partial charge in [-0.25, -0.2) is 0 Å². The van der Waals surface area contributed by atoms with E-state index in [1.165, 1.54) is 0 Å². The van der Waals surface area contributed by atoms with E-state index < -0.39 is 0 Å². The molecule has 4 heteroatoms. The second kappa shape index (κ2) is 4.58. The van der Waals surface area contributed by atoms with E-state index in [0.29, 0.717) is 13.2 Å². The standard InChI is InChI=1S/C9H18N2O2/c1-7(10)6-11(2)9(12)8-4-3-5-13-8/h7-8H,3-6,10H2,1-2H3. The zero-order valence-corrected chi connectivity index (χ0v) is 8.32. The maximum atomic E-state index is 11.6. The zero-order chi connectivity index (χ0) is 9.84. The summed E-state index contributed by atoms with van der Waals surface area (Å²) in [5.41, 5.74) is 5.60. The maximum absolute atomic E-state index is 11.6. The molecule has 1 amide bonds. The van der Waals surface area contributed by atoms with Crippen molar-refractivity contribution in [2.75, 3.05) is 20.2 Å². The molecule has 13 heavy (non-hydrogen) atoms. The molecular weight excluding hydrogens is 168 g/mol. The first-order chi connectivity index (χ1) is 6.11. The number of ether oxygens (including phenoxy) is 1. The Morgan fingerprint density at radius 2 is 2.46 bits per heavy atom. The van der Waals surface area contributed by atoms with Gasteiger partial charge < -0.3 is 15.4 Å². The highest BCUT2D eigenvalue weighted by molar-refractivity contribution is 5.80. The summed E-state index contributed by atoms with van der Waals surface area (Å²) in [6, 6.07) is 0.0235. The molecule has 0 spiro atoms. The highest BCUT2D eigenvalue weighted by Gasteiger charge is 2.26. The minimum absolute atomic E-state index is 0.0235. The van der Waals surface area contributed by atoms with Crippen molar-refractivity contribution in [2.24, 2.45) is 5.73 Å². The SMILES string of the molecule is CC(N)CN(C)C(=O)C1CCCO1. The van der Waals surface area contributed by atoms with Gasteiger partial charge in [-0.15, -0.1) is 0 Å². The molecule has 4 nitrogen and oxygen atoms in total. The summed E-state index contributed by atoms with van der Waals surface area (Å²) < 4.78 is 5.29. The molecule has 76 valence electrons. The Labute approximate surface area is 79.0 Å². The van der Waals surface area contributed by atoms with Crippen molar-refractivity contribution >= 4 is 5.91 Å². The second-order valence-electron chi connectivity index (χ2n) is 3.70. The maximum Gasteiger partial charge on any atom is 0.251 e. The third kappa shape index (κ3) is 2.97. The predicted octanol–water partition coefficient (Wildman–Crippen LogP) is -0.0290. The van der Waals surface area contributed by atoms with E-state index in [2.05, 4.69) is 0 Å². The van der Waals surface area contributed by atoms with Crippen LogP contribution in [-0.2, 0) is 9.53 Å². The van der Waals surface area contributed by atoms with E-state index >= 15 is 0 Å². The highest BCUT2D eigenvalue weighted by Crippen LogP contribution is 2.13. The first kappa shape index (κ1) is 10.5. The van der Waals surface area contributed by atoms with Crippen molar-refractivity contribution < 1.29 is 9.53 Å². The molecule has 2 N–H and O–H groups in total. The summed E-state index contributed by atoms with van der Waals surface area (Å²) in [5, 5.41) is 0. The van der Waals surface area contributed by atoms with Crippen molar-refractivity contribution in [1.82, 2.24) is 4.90 Å². The summed E-state index contributed by atoms with van der Waals surface area (Å²) in [5.74, 6) is 0.0646. The number of nitrogens with two attached hydrogens (primary N) is 1. The van der Waals surface area contributed by atoms with Crippen molar-refractivity contribution in [2.45, 2.75) is 31.9 Å². The number of hydrogen-bond donors (Lipinski definition) is 1. The van der Waals surface area contributed by atoms with E-state index in [9.17, 15) is 4.79 Å². The van der Waals surface area contributed by atoms with Gasteiger partial charge >= 0.3 is 0 Å². The van der Waals surface area contributed by atoms with E-state index in [4.69, 9.17) is 10.5 Å². The van der Waals surface area contributed by atoms with Gasteiger partial charge in [0.05, 0.1) is 0 Å². The van der Waals surface area contributed by atoms with Crippen LogP contribution in [0.15, 0.2) is 0 Å². The van der Waals surface area contributed by atoms with Crippen molar-refractivity contribution in [3.8, 4) is 0 Å². The number of likely N-dealkylation sites (N-methyl/N-ethyl adjacent to an activating group) is 1. The van der Waals surface area contributed by atoms with E-state index in [1.54, 1.807) is 11.9 Å². The molecule has 1 aliphatic rings. The predicted molar refractivity (Wildman–Crippen MR) is 50.3 cm³/mol. The smallest absolute Gasteiger partial charge is 0.251 e. The van der Waals surface area contributed by atoms with Gasteiger partial charge in [-0.3, -0.25) is 4.79 Å². The summed E-state index contributed by atoms with van der Waals surface area (Å²) in [6.45, 7) is 3.19. The molecule has 0 aromatic heterocycles. The molecule has 2 unspecified atom stereocenters. The molecule has 0 aromatic rings. The van der Waals surface area contributed by atoms with Crippen molar-refractivity contribution in [1.29, 1.82) is 0 Å². The van der Waals surface area contributed by atoms with Gasteiger partial charge in [-0.1, -0.05) is 0 Å². The van der Waals surface area contributed by atoms with Crippen LogP contribution in [0.4, 0.5) is 0 Å². The van der Waals surface area contributed by atoms with E-state index in [-0.39, 0.29) is 18.1 Å². The number of amides is 1. The molecule has 0 aliphatic carbocycles. The summed E-state index contributed by atoms with van der Waals surface area (Å²) in [4.78, 5) is 13.3. The van der Waals surface area contributed by atoms with Crippen LogP contribution in [0.2, 0.25) is 0 Å². The molecule has 0 saturated carbocycles. The first-order valence-electron chi connectivity index (χ1n) is 4.73. The first-order valence-corrected chi connectivity index (χ1v) is 4.73. The van der Waals surface area contributed by atoms with Gasteiger partial charge in [-0.2, -0.15) is 0 Å². The largest absolute Gasteiger partial charge is 0.368 e. The Bertz CT molecular complexity index is 176. The van der Waals surface area contributed by atoms with Crippen LogP contribution in [-0.4, -0.2) is 43.2 Å². The fourth-order valence-electron chi connectivity index (χ4n) is 1.54. The molecule has 0 aromatic carbocycles. The fraction of sp³-hybridized carbons (Fsp3) is 0.889. The van der Waals surface area contributed by atoms with Gasteiger partial charge in [0.1, 0.15) is 6.10 Å². The lowest BCUT2D eigenvalue weighted by Gasteiger charge is -2.22. The molecule has 0 bridgehead atoms. The van der Waals surface area contributed by atoms with Gasteiger partial charge in [-0.05, 0) is 19.8 Å². The van der Waals surface area contributed by atoms with E-state index in [1.807, 2.05) is 6.92 Å². The number of hydrogen-bond acceptors (Lipinski definition) is 3. The van der Waals surface area contributed by atoms with Crippen LogP contribution in [0.25, 0.3) is 0 Å². The number of carbonyl (C=O) groups excluding carboxylic acids is 1. The molecule has 1 rings (SSSR count). The zero-order valence-electron chi connectivity index (χ0n) is 8.32. The lowest BCUT2D eigenvalue weighted by atomic mass is 10.2. The Balaban J connectivity index is 2.36. The minimum Gasteiger partial charge on any atom is -0.368 e. The Hall–Kier alpha value is -0.610. The molecule has 1 aliphatic heterocycles. The van der Waals surface area contributed by atoms with Gasteiger partial charge in [0.25, 0.3) is 5.91 Å². The molecule has 0 radical (unpaired) electrons. The van der Waals surface area contributed by atoms with Crippen LogP contribution < -0.4 is 5.73 Å². The fourth-order valence-corrected chi connectivity index (χ4v) is 1.54. The Morgan fingerprint density at radius 3 is 2.92 bits per heavy atom. The molecule has 1 saturated heterocycles. The van der Waals surface area contributed by atoms with Crippen LogP contribution in [0.5, 0.6) is 0 Å². The van der Waals surface area contributed by atoms with E-state index in [0.717, 1.165) is 12.8 Å². The Kier molecular flexibility index (Phi) is 3.69. The molecule has 1 fully saturated rings.